The maximum atomic E-state index is 13.0. The van der Waals surface area contributed by atoms with Gasteiger partial charge in [-0.2, -0.15) is 0 Å². The molecule has 31 heavy (non-hydrogen) atoms. The van der Waals surface area contributed by atoms with E-state index >= 15 is 0 Å². The Labute approximate surface area is 179 Å². The van der Waals surface area contributed by atoms with E-state index in [0.29, 0.717) is 29.0 Å². The number of piperidine rings is 1. The van der Waals surface area contributed by atoms with Crippen LogP contribution in [-0.2, 0) is 0 Å². The molecule has 0 spiro atoms. The lowest BCUT2D eigenvalue weighted by atomic mass is 10.1. The van der Waals surface area contributed by atoms with E-state index in [2.05, 4.69) is 20.6 Å². The van der Waals surface area contributed by atoms with Crippen LogP contribution in [0.1, 0.15) is 48.7 Å². The molecule has 1 unspecified atom stereocenters. The molecule has 9 heteroatoms. The number of anilines is 2. The Morgan fingerprint density at radius 2 is 2.16 bits per heavy atom. The Balaban J connectivity index is 1.64. The molecular weight excluding hydrogens is 398 g/mol. The zero-order chi connectivity index (χ0) is 22.0. The van der Waals surface area contributed by atoms with Gasteiger partial charge in [-0.05, 0) is 43.5 Å². The highest BCUT2D eigenvalue weighted by molar-refractivity contribution is 6.06. The number of pyridine rings is 2. The summed E-state index contributed by atoms with van der Waals surface area (Å²) in [6.45, 7) is 5.48. The summed E-state index contributed by atoms with van der Waals surface area (Å²) in [5.74, 6) is -0.246. The molecule has 3 aromatic heterocycles. The van der Waals surface area contributed by atoms with Crippen molar-refractivity contribution in [3.8, 4) is 0 Å². The standard InChI is InChI=1S/C22H25N5O4/c1-13(2)15-12-31-19-6-5-16(25-20(15)19)21(28)26-17-11-24-9-7-18(17)27(22(29)30)14-4-3-8-23-10-14/h5-7,9,11-14,23H,3-4,8,10H2,1-2H3,(H,26,28)(H,29,30). The summed E-state index contributed by atoms with van der Waals surface area (Å²) in [5.41, 5.74) is 3.11. The van der Waals surface area contributed by atoms with Gasteiger partial charge in [-0.25, -0.2) is 9.78 Å². The first-order valence-electron chi connectivity index (χ1n) is 10.3. The zero-order valence-electron chi connectivity index (χ0n) is 17.5. The molecule has 0 radical (unpaired) electrons. The van der Waals surface area contributed by atoms with Crippen LogP contribution in [0.4, 0.5) is 16.2 Å². The summed E-state index contributed by atoms with van der Waals surface area (Å²) in [7, 11) is 0. The molecule has 1 atom stereocenters. The highest BCUT2D eigenvalue weighted by Gasteiger charge is 2.29. The first-order valence-corrected chi connectivity index (χ1v) is 10.3. The third-order valence-corrected chi connectivity index (χ3v) is 5.45. The second kappa shape index (κ2) is 8.73. The van der Waals surface area contributed by atoms with E-state index in [1.165, 1.54) is 17.3 Å². The van der Waals surface area contributed by atoms with Crippen molar-refractivity contribution < 1.29 is 19.1 Å². The number of furan rings is 1. The van der Waals surface area contributed by atoms with E-state index in [-0.39, 0.29) is 17.7 Å². The number of hydrogen-bond acceptors (Lipinski definition) is 6. The minimum atomic E-state index is -1.07. The molecular formula is C22H25N5O4. The van der Waals surface area contributed by atoms with Crippen molar-refractivity contribution in [2.45, 2.75) is 38.6 Å². The van der Waals surface area contributed by atoms with Crippen LogP contribution in [0.25, 0.3) is 11.1 Å². The predicted octanol–water partition coefficient (Wildman–Crippen LogP) is 3.83. The van der Waals surface area contributed by atoms with E-state index in [0.717, 1.165) is 24.9 Å². The second-order valence-electron chi connectivity index (χ2n) is 7.89. The largest absolute Gasteiger partial charge is 0.465 e. The van der Waals surface area contributed by atoms with Gasteiger partial charge in [0, 0.05) is 18.3 Å². The lowest BCUT2D eigenvalue weighted by Crippen LogP contribution is -2.48. The number of aromatic nitrogens is 2. The second-order valence-corrected chi connectivity index (χ2v) is 7.89. The number of nitrogens with one attached hydrogen (secondary N) is 2. The summed E-state index contributed by atoms with van der Waals surface area (Å²) in [6.07, 6.45) is 5.18. The fourth-order valence-corrected chi connectivity index (χ4v) is 3.86. The molecule has 0 bridgehead atoms. The van der Waals surface area contributed by atoms with Crippen LogP contribution in [0.15, 0.2) is 41.3 Å². The molecule has 0 aliphatic carbocycles. The summed E-state index contributed by atoms with van der Waals surface area (Å²) < 4.78 is 5.53. The maximum absolute atomic E-state index is 13.0. The minimum Gasteiger partial charge on any atom is -0.465 e. The van der Waals surface area contributed by atoms with Gasteiger partial charge in [-0.1, -0.05) is 13.8 Å². The number of amides is 2. The van der Waals surface area contributed by atoms with Crippen molar-refractivity contribution in [1.29, 1.82) is 0 Å². The molecule has 1 aliphatic heterocycles. The van der Waals surface area contributed by atoms with Crippen molar-refractivity contribution in [3.05, 3.63) is 48.1 Å². The molecule has 1 aliphatic rings. The molecule has 0 saturated carbocycles. The van der Waals surface area contributed by atoms with Gasteiger partial charge in [0.05, 0.1) is 29.9 Å². The molecule has 4 heterocycles. The molecule has 9 nitrogen and oxygen atoms in total. The highest BCUT2D eigenvalue weighted by Crippen LogP contribution is 2.30. The number of carbonyl (C=O) groups excluding carboxylic acids is 1. The van der Waals surface area contributed by atoms with Gasteiger partial charge in [0.1, 0.15) is 11.2 Å². The number of carboxylic acid groups (broad SMARTS) is 1. The van der Waals surface area contributed by atoms with E-state index < -0.39 is 12.0 Å². The summed E-state index contributed by atoms with van der Waals surface area (Å²) in [5, 5.41) is 15.9. The average molecular weight is 423 g/mol. The highest BCUT2D eigenvalue weighted by atomic mass is 16.4. The normalized spacial score (nSPS) is 16.4. The zero-order valence-corrected chi connectivity index (χ0v) is 17.5. The van der Waals surface area contributed by atoms with Crippen molar-refractivity contribution >= 4 is 34.5 Å². The lowest BCUT2D eigenvalue weighted by Gasteiger charge is -2.33. The van der Waals surface area contributed by atoms with Gasteiger partial charge >= 0.3 is 6.09 Å². The van der Waals surface area contributed by atoms with Gasteiger partial charge < -0.3 is 20.2 Å². The molecule has 3 aromatic rings. The third kappa shape index (κ3) is 4.22. The summed E-state index contributed by atoms with van der Waals surface area (Å²) in [6, 6.07) is 4.67. The molecule has 3 N–H and O–H groups in total. The quantitative estimate of drug-likeness (QED) is 0.570. The van der Waals surface area contributed by atoms with Crippen molar-refractivity contribution in [3.63, 3.8) is 0 Å². The van der Waals surface area contributed by atoms with Crippen molar-refractivity contribution in [2.75, 3.05) is 23.3 Å². The third-order valence-electron chi connectivity index (χ3n) is 5.45. The fourth-order valence-electron chi connectivity index (χ4n) is 3.86. The van der Waals surface area contributed by atoms with Crippen molar-refractivity contribution in [1.82, 2.24) is 15.3 Å². The Kier molecular flexibility index (Phi) is 5.85. The van der Waals surface area contributed by atoms with Gasteiger partial charge in [0.25, 0.3) is 5.91 Å². The molecule has 1 saturated heterocycles. The van der Waals surface area contributed by atoms with Crippen LogP contribution in [0.5, 0.6) is 0 Å². The van der Waals surface area contributed by atoms with Crippen LogP contribution in [0.2, 0.25) is 0 Å². The maximum Gasteiger partial charge on any atom is 0.412 e. The van der Waals surface area contributed by atoms with E-state index in [1.807, 2.05) is 13.8 Å². The molecule has 4 rings (SSSR count). The smallest absolute Gasteiger partial charge is 0.412 e. The van der Waals surface area contributed by atoms with E-state index in [9.17, 15) is 14.7 Å². The minimum absolute atomic E-state index is 0.199. The number of hydrogen-bond donors (Lipinski definition) is 3. The number of nitrogens with zero attached hydrogens (tertiary/aromatic N) is 3. The summed E-state index contributed by atoms with van der Waals surface area (Å²) >= 11 is 0. The van der Waals surface area contributed by atoms with Gasteiger partial charge in [-0.15, -0.1) is 0 Å². The predicted molar refractivity (Wildman–Crippen MR) is 117 cm³/mol. The van der Waals surface area contributed by atoms with Crippen LogP contribution in [0, 0.1) is 0 Å². The molecule has 2 amide bonds. The van der Waals surface area contributed by atoms with Crippen molar-refractivity contribution in [2.24, 2.45) is 0 Å². The Morgan fingerprint density at radius 3 is 2.87 bits per heavy atom. The SMILES string of the molecule is CC(C)c1coc2ccc(C(=O)Nc3cnccc3N(C(=O)O)C3CCCNC3)nc12. The van der Waals surface area contributed by atoms with Gasteiger partial charge in [0.15, 0.2) is 5.58 Å². The average Bonchev–Trinajstić information content (AvgIpc) is 3.19. The topological polar surface area (TPSA) is 121 Å². The Bertz CT molecular complexity index is 1100. The molecule has 162 valence electrons. The molecule has 0 aromatic carbocycles. The first kappa shape index (κ1) is 20.8. The Morgan fingerprint density at radius 1 is 1.32 bits per heavy atom. The number of fused-ring (bicyclic) bond motifs is 1. The monoisotopic (exact) mass is 423 g/mol. The van der Waals surface area contributed by atoms with Gasteiger partial charge in [0.2, 0.25) is 0 Å². The number of carbonyl (C=O) groups is 2. The van der Waals surface area contributed by atoms with Crippen LogP contribution in [0.3, 0.4) is 0 Å². The fraction of sp³-hybridized carbons (Fsp3) is 0.364. The van der Waals surface area contributed by atoms with E-state index in [4.69, 9.17) is 4.42 Å². The number of rotatable bonds is 5. The summed E-state index contributed by atoms with van der Waals surface area (Å²) in [4.78, 5) is 34.9. The van der Waals surface area contributed by atoms with Crippen LogP contribution >= 0.6 is 0 Å². The molecule has 1 fully saturated rings. The van der Waals surface area contributed by atoms with Gasteiger partial charge in [-0.3, -0.25) is 14.7 Å². The van der Waals surface area contributed by atoms with Crippen LogP contribution in [-0.4, -0.2) is 46.2 Å². The first-order chi connectivity index (χ1) is 15.0. The Hall–Kier alpha value is -3.46. The van der Waals surface area contributed by atoms with Crippen LogP contribution < -0.4 is 15.5 Å². The lowest BCUT2D eigenvalue weighted by molar-refractivity contribution is 0.102. The van der Waals surface area contributed by atoms with E-state index in [1.54, 1.807) is 24.5 Å².